The summed E-state index contributed by atoms with van der Waals surface area (Å²) in [4.78, 5) is 26.7. The molecule has 2 aromatic heterocycles. The van der Waals surface area contributed by atoms with E-state index in [-0.39, 0.29) is 36.3 Å². The maximum atomic E-state index is 13.8. The number of rotatable bonds is 12. The second kappa shape index (κ2) is 11.1. The van der Waals surface area contributed by atoms with Crippen LogP contribution in [0, 0.1) is 34.5 Å². The van der Waals surface area contributed by atoms with Gasteiger partial charge in [-0.15, -0.1) is 0 Å². The van der Waals surface area contributed by atoms with E-state index in [1.54, 1.807) is 0 Å². The van der Waals surface area contributed by atoms with Gasteiger partial charge in [-0.2, -0.15) is 0 Å². The molecule has 53 heavy (non-hydrogen) atoms. The molecule has 8 heteroatoms. The number of para-hydroxylation sites is 4. The van der Waals surface area contributed by atoms with E-state index in [0.717, 1.165) is 12.0 Å². The van der Waals surface area contributed by atoms with Gasteiger partial charge in [0.15, 0.2) is 0 Å². The average Bonchev–Trinajstić information content (AvgIpc) is 3.58. The molecule has 0 radical (unpaired) electrons. The second-order valence-electron chi connectivity index (χ2n) is 15.2. The molecule has 264 valence electrons. The Bertz CT molecular complexity index is 2400. The summed E-state index contributed by atoms with van der Waals surface area (Å²) in [5.41, 5.74) is 4.12. The molecule has 5 saturated carbocycles. The topological polar surface area (TPSA) is 80.9 Å². The van der Waals surface area contributed by atoms with Crippen molar-refractivity contribution in [1.82, 2.24) is 9.13 Å². The van der Waals surface area contributed by atoms with Crippen molar-refractivity contribution in [1.29, 1.82) is 0 Å². The molecule has 2 heterocycles. The standard InChI is InChI=1S/C45H38N2O6/c1-50-42(48)44-34-25-35-41(40(34)44)45(35,44)43(49)53-26-27-22-28(51-20-18-46-36-14-6-2-10-30(36)31-11-3-7-15-37(31)46)24-29(23-27)52-21-19-47-38-16-8-4-12-32(38)33-13-5-9-17-39(33)47/h2-17,22-24,34-35,40-41H,18-21,25-26H2,1H3. The van der Waals surface area contributed by atoms with Crippen molar-refractivity contribution in [3.8, 4) is 11.5 Å². The van der Waals surface area contributed by atoms with E-state index < -0.39 is 10.8 Å². The minimum atomic E-state index is -0.687. The van der Waals surface area contributed by atoms with E-state index in [1.165, 1.54) is 50.7 Å². The summed E-state index contributed by atoms with van der Waals surface area (Å²) in [5.74, 6) is 1.89. The van der Waals surface area contributed by atoms with Gasteiger partial charge >= 0.3 is 11.9 Å². The fourth-order valence-corrected chi connectivity index (χ4v) is 11.3. The van der Waals surface area contributed by atoms with Crippen molar-refractivity contribution in [2.75, 3.05) is 20.3 Å². The Morgan fingerprint density at radius 1 is 0.604 bits per heavy atom. The normalized spacial score (nSPS) is 25.7. The molecule has 6 unspecified atom stereocenters. The summed E-state index contributed by atoms with van der Waals surface area (Å²) in [6.07, 6.45) is 0.929. The van der Waals surface area contributed by atoms with Gasteiger partial charge in [0.25, 0.3) is 0 Å². The van der Waals surface area contributed by atoms with Crippen molar-refractivity contribution in [3.05, 3.63) is 121 Å². The predicted octanol–water partition coefficient (Wildman–Crippen LogP) is 8.16. The van der Waals surface area contributed by atoms with Crippen LogP contribution in [0.3, 0.4) is 0 Å². The zero-order valence-corrected chi connectivity index (χ0v) is 29.4. The van der Waals surface area contributed by atoms with Gasteiger partial charge in [-0.25, -0.2) is 0 Å². The van der Waals surface area contributed by atoms with Crippen LogP contribution in [0.25, 0.3) is 43.6 Å². The zero-order valence-electron chi connectivity index (χ0n) is 29.4. The summed E-state index contributed by atoms with van der Waals surface area (Å²) in [5, 5.41) is 4.88. The van der Waals surface area contributed by atoms with Crippen LogP contribution in [-0.2, 0) is 38.8 Å². The van der Waals surface area contributed by atoms with E-state index in [9.17, 15) is 9.59 Å². The molecule has 5 aliphatic rings. The fourth-order valence-electron chi connectivity index (χ4n) is 11.3. The summed E-state index contributed by atoms with van der Waals surface area (Å²) in [6, 6.07) is 39.6. The highest BCUT2D eigenvalue weighted by atomic mass is 16.5. The highest BCUT2D eigenvalue weighted by Crippen LogP contribution is 3.05. The largest absolute Gasteiger partial charge is 0.492 e. The first-order valence-electron chi connectivity index (χ1n) is 18.6. The third-order valence-corrected chi connectivity index (χ3v) is 13.1. The highest BCUT2D eigenvalue weighted by Gasteiger charge is 3.10. The molecule has 5 aliphatic carbocycles. The van der Waals surface area contributed by atoms with E-state index in [0.29, 0.717) is 43.7 Å². The molecular weight excluding hydrogens is 665 g/mol. The third kappa shape index (κ3) is 4.01. The molecule has 0 aliphatic heterocycles. The van der Waals surface area contributed by atoms with Gasteiger partial charge in [0, 0.05) is 49.7 Å². The van der Waals surface area contributed by atoms with Gasteiger partial charge in [-0.3, -0.25) is 9.59 Å². The van der Waals surface area contributed by atoms with Gasteiger partial charge in [-0.05, 0) is 72.1 Å². The first-order chi connectivity index (χ1) is 26.1. The Morgan fingerprint density at radius 2 is 1.02 bits per heavy atom. The predicted molar refractivity (Wildman–Crippen MR) is 202 cm³/mol. The molecule has 0 saturated heterocycles. The van der Waals surface area contributed by atoms with Crippen molar-refractivity contribution in [3.63, 3.8) is 0 Å². The van der Waals surface area contributed by atoms with Crippen molar-refractivity contribution in [2.24, 2.45) is 34.5 Å². The maximum Gasteiger partial charge on any atom is 0.314 e. The van der Waals surface area contributed by atoms with Crippen LogP contribution < -0.4 is 9.47 Å². The number of carbonyl (C=O) groups is 2. The lowest BCUT2D eigenvalue weighted by Crippen LogP contribution is -2.45. The van der Waals surface area contributed by atoms with Crippen LogP contribution in [0.2, 0.25) is 0 Å². The van der Waals surface area contributed by atoms with Gasteiger partial charge in [0.1, 0.15) is 31.3 Å². The highest BCUT2D eigenvalue weighted by molar-refractivity contribution is 6.09. The molecular formula is C45H38N2O6. The molecule has 12 rings (SSSR count). The number of methoxy groups -OCH3 is 1. The number of esters is 2. The Kier molecular flexibility index (Phi) is 6.47. The van der Waals surface area contributed by atoms with Crippen molar-refractivity contribution >= 4 is 55.6 Å². The average molecular weight is 703 g/mol. The fraction of sp³-hybridized carbons (Fsp3) is 0.289. The Balaban J connectivity index is 0.850. The SMILES string of the molecule is COC(=O)C12C3CC4C(C31)C42C(=O)OCc1cc(OCCn2c3ccccc3c3ccccc32)cc(OCCn2c3ccccc3c3ccccc32)c1. The molecule has 0 N–H and O–H groups in total. The molecule has 8 nitrogen and oxygen atoms in total. The second-order valence-corrected chi connectivity index (χ2v) is 15.2. The number of fused-ring (bicyclic) bond motifs is 6. The first-order valence-corrected chi connectivity index (χ1v) is 18.6. The number of nitrogens with zero attached hydrogens (tertiary/aromatic N) is 2. The van der Waals surface area contributed by atoms with Crippen LogP contribution in [-0.4, -0.2) is 41.4 Å². The van der Waals surface area contributed by atoms with Gasteiger partial charge in [0.05, 0.1) is 31.0 Å². The minimum absolute atomic E-state index is 0.0694. The third-order valence-electron chi connectivity index (χ3n) is 13.1. The maximum absolute atomic E-state index is 13.8. The number of hydrogen-bond donors (Lipinski definition) is 0. The molecule has 6 atom stereocenters. The monoisotopic (exact) mass is 702 g/mol. The van der Waals surface area contributed by atoms with Crippen LogP contribution >= 0.6 is 0 Å². The first kappa shape index (κ1) is 30.8. The van der Waals surface area contributed by atoms with E-state index in [4.69, 9.17) is 18.9 Å². The van der Waals surface area contributed by atoms with Crippen LogP contribution in [0.15, 0.2) is 115 Å². The number of hydrogen-bond acceptors (Lipinski definition) is 6. The Hall–Kier alpha value is -5.76. The molecule has 7 aromatic rings. The van der Waals surface area contributed by atoms with Crippen LogP contribution in [0.1, 0.15) is 12.0 Å². The van der Waals surface area contributed by atoms with Crippen LogP contribution in [0.5, 0.6) is 11.5 Å². The van der Waals surface area contributed by atoms with E-state index in [1.807, 2.05) is 18.2 Å². The lowest BCUT2D eigenvalue weighted by molar-refractivity contribution is -0.171. The lowest BCUT2D eigenvalue weighted by atomic mass is 9.72. The molecule has 0 amide bonds. The molecule has 5 fully saturated rings. The van der Waals surface area contributed by atoms with Gasteiger partial charge in [-0.1, -0.05) is 72.8 Å². The summed E-state index contributed by atoms with van der Waals surface area (Å²) >= 11 is 0. The number of aromatic nitrogens is 2. The summed E-state index contributed by atoms with van der Waals surface area (Å²) in [6.45, 7) is 2.24. The summed E-state index contributed by atoms with van der Waals surface area (Å²) in [7, 11) is 1.42. The minimum Gasteiger partial charge on any atom is -0.492 e. The van der Waals surface area contributed by atoms with Crippen molar-refractivity contribution in [2.45, 2.75) is 26.1 Å². The Morgan fingerprint density at radius 3 is 1.43 bits per heavy atom. The number of ether oxygens (including phenoxy) is 4. The number of benzene rings is 5. The van der Waals surface area contributed by atoms with Gasteiger partial charge < -0.3 is 28.1 Å². The smallest absolute Gasteiger partial charge is 0.314 e. The molecule has 5 aromatic carbocycles. The quantitative estimate of drug-likeness (QED) is 0.120. The van der Waals surface area contributed by atoms with E-state index >= 15 is 0 Å². The zero-order chi connectivity index (χ0) is 35.5. The van der Waals surface area contributed by atoms with Gasteiger partial charge in [0.2, 0.25) is 0 Å². The van der Waals surface area contributed by atoms with Crippen LogP contribution in [0.4, 0.5) is 0 Å². The number of carbonyl (C=O) groups excluding carboxylic acids is 2. The summed E-state index contributed by atoms with van der Waals surface area (Å²) < 4.78 is 28.7. The lowest BCUT2D eigenvalue weighted by Gasteiger charge is -2.32. The van der Waals surface area contributed by atoms with Crippen molar-refractivity contribution < 1.29 is 28.5 Å². The van der Waals surface area contributed by atoms with E-state index in [2.05, 4.69) is 106 Å². The molecule has 0 spiro atoms. The Labute approximate surface area is 305 Å². The molecule has 2 bridgehead atoms.